The van der Waals surface area contributed by atoms with Crippen molar-refractivity contribution in [3.8, 4) is 23.7 Å². The third kappa shape index (κ3) is 23.1. The summed E-state index contributed by atoms with van der Waals surface area (Å²) in [4.78, 5) is 0. The first-order valence-electron chi connectivity index (χ1n) is 11.0. The first-order chi connectivity index (χ1) is 12.4. The minimum Gasteiger partial charge on any atom is -0.396 e. The van der Waals surface area contributed by atoms with Gasteiger partial charge >= 0.3 is 0 Å². The van der Waals surface area contributed by atoms with Crippen LogP contribution >= 0.6 is 0 Å². The standard InChI is InChI=1S/C24H42O/c1-2-3-4-5-6-7-8-9-10-11-12-13-14-15-16-17-18-19-20-21-22-23-24-25/h25H,2-12,17-24H2,1H3. The van der Waals surface area contributed by atoms with Gasteiger partial charge in [-0.15, -0.1) is 0 Å². The van der Waals surface area contributed by atoms with E-state index in [0.29, 0.717) is 6.61 Å². The molecule has 0 heterocycles. The predicted molar refractivity (Wildman–Crippen MR) is 111 cm³/mol. The molecule has 0 spiro atoms. The second-order valence-corrected chi connectivity index (χ2v) is 7.13. The zero-order valence-electron chi connectivity index (χ0n) is 16.9. The van der Waals surface area contributed by atoms with Gasteiger partial charge < -0.3 is 5.11 Å². The molecule has 0 saturated heterocycles. The van der Waals surface area contributed by atoms with Crippen molar-refractivity contribution in [1.29, 1.82) is 0 Å². The number of hydrogen-bond acceptors (Lipinski definition) is 1. The fourth-order valence-electron chi connectivity index (χ4n) is 2.95. The highest BCUT2D eigenvalue weighted by Crippen LogP contribution is 2.11. The highest BCUT2D eigenvalue weighted by Gasteiger charge is 1.92. The highest BCUT2D eigenvalue weighted by molar-refractivity contribution is 5.25. The molecular formula is C24H42O. The Labute approximate surface area is 158 Å². The number of unbranched alkanes of at least 4 members (excludes halogenated alkanes) is 16. The molecular weight excluding hydrogens is 304 g/mol. The van der Waals surface area contributed by atoms with E-state index in [9.17, 15) is 0 Å². The van der Waals surface area contributed by atoms with Gasteiger partial charge in [-0.3, -0.25) is 0 Å². The van der Waals surface area contributed by atoms with Gasteiger partial charge in [-0.1, -0.05) is 102 Å². The molecule has 0 unspecified atom stereocenters. The molecule has 0 aliphatic carbocycles. The quantitative estimate of drug-likeness (QED) is 0.221. The van der Waals surface area contributed by atoms with Gasteiger partial charge in [-0.05, 0) is 31.1 Å². The van der Waals surface area contributed by atoms with E-state index >= 15 is 0 Å². The Morgan fingerprint density at radius 3 is 1.24 bits per heavy atom. The normalized spacial score (nSPS) is 10.0. The van der Waals surface area contributed by atoms with Crippen LogP contribution in [0.15, 0.2) is 0 Å². The van der Waals surface area contributed by atoms with Crippen molar-refractivity contribution in [2.75, 3.05) is 6.61 Å². The molecule has 0 saturated carbocycles. The van der Waals surface area contributed by atoms with Crippen molar-refractivity contribution >= 4 is 0 Å². The zero-order chi connectivity index (χ0) is 18.3. The lowest BCUT2D eigenvalue weighted by Gasteiger charge is -2.00. The third-order valence-electron chi connectivity index (χ3n) is 4.60. The molecule has 1 heteroatoms. The van der Waals surface area contributed by atoms with Crippen LogP contribution in [-0.4, -0.2) is 11.7 Å². The first kappa shape index (κ1) is 24.1. The van der Waals surface area contributed by atoms with E-state index < -0.39 is 0 Å². The molecule has 25 heavy (non-hydrogen) atoms. The van der Waals surface area contributed by atoms with E-state index in [2.05, 4.69) is 30.6 Å². The Balaban J connectivity index is 3.21. The highest BCUT2D eigenvalue weighted by atomic mass is 16.2. The maximum atomic E-state index is 8.69. The average Bonchev–Trinajstić information content (AvgIpc) is 2.63. The van der Waals surface area contributed by atoms with E-state index in [0.717, 1.165) is 25.7 Å². The van der Waals surface area contributed by atoms with Crippen LogP contribution in [0, 0.1) is 23.7 Å². The van der Waals surface area contributed by atoms with E-state index in [1.165, 1.54) is 89.9 Å². The Morgan fingerprint density at radius 1 is 0.480 bits per heavy atom. The van der Waals surface area contributed by atoms with Crippen molar-refractivity contribution in [3.63, 3.8) is 0 Å². The molecule has 0 aromatic heterocycles. The largest absolute Gasteiger partial charge is 0.396 e. The van der Waals surface area contributed by atoms with E-state index in [1.807, 2.05) is 0 Å². The molecule has 1 N–H and O–H groups in total. The molecule has 0 rings (SSSR count). The molecule has 1 nitrogen and oxygen atoms in total. The zero-order valence-corrected chi connectivity index (χ0v) is 16.9. The van der Waals surface area contributed by atoms with Crippen LogP contribution in [0.2, 0.25) is 0 Å². The SMILES string of the molecule is CCCCCCCCCCCCC#CC#CCCCCCCCCO. The summed E-state index contributed by atoms with van der Waals surface area (Å²) in [6.07, 6.45) is 22.9. The van der Waals surface area contributed by atoms with Crippen molar-refractivity contribution < 1.29 is 5.11 Å². The van der Waals surface area contributed by atoms with Gasteiger partial charge in [0.1, 0.15) is 0 Å². The summed E-state index contributed by atoms with van der Waals surface area (Å²) in [5.74, 6) is 12.3. The smallest absolute Gasteiger partial charge is 0.0431 e. The molecule has 0 fully saturated rings. The van der Waals surface area contributed by atoms with Gasteiger partial charge in [-0.2, -0.15) is 0 Å². The minimum absolute atomic E-state index is 0.337. The summed E-state index contributed by atoms with van der Waals surface area (Å²) in [6.45, 7) is 2.61. The Hall–Kier alpha value is -0.920. The van der Waals surface area contributed by atoms with Crippen LogP contribution in [0.5, 0.6) is 0 Å². The fraction of sp³-hybridized carbons (Fsp3) is 0.833. The lowest BCUT2D eigenvalue weighted by molar-refractivity contribution is 0.282. The lowest BCUT2D eigenvalue weighted by atomic mass is 10.1. The molecule has 0 amide bonds. The monoisotopic (exact) mass is 346 g/mol. The summed E-state index contributed by atoms with van der Waals surface area (Å²) in [7, 11) is 0. The second kappa shape index (κ2) is 23.1. The van der Waals surface area contributed by atoms with Crippen LogP contribution in [0.4, 0.5) is 0 Å². The number of aliphatic hydroxyl groups is 1. The van der Waals surface area contributed by atoms with Crippen LogP contribution < -0.4 is 0 Å². The lowest BCUT2D eigenvalue weighted by Crippen LogP contribution is -1.83. The molecule has 0 aromatic rings. The van der Waals surface area contributed by atoms with E-state index in [1.54, 1.807) is 0 Å². The van der Waals surface area contributed by atoms with Gasteiger partial charge in [-0.25, -0.2) is 0 Å². The summed E-state index contributed by atoms with van der Waals surface area (Å²) < 4.78 is 0. The third-order valence-corrected chi connectivity index (χ3v) is 4.60. The van der Waals surface area contributed by atoms with Gasteiger partial charge in [0.05, 0.1) is 0 Å². The van der Waals surface area contributed by atoms with E-state index in [-0.39, 0.29) is 0 Å². The molecule has 0 aromatic carbocycles. The molecule has 0 aliphatic heterocycles. The molecule has 0 radical (unpaired) electrons. The molecule has 0 bridgehead atoms. The summed E-state index contributed by atoms with van der Waals surface area (Å²) in [5.41, 5.74) is 0. The molecule has 144 valence electrons. The van der Waals surface area contributed by atoms with Gasteiger partial charge in [0.2, 0.25) is 0 Å². The summed E-state index contributed by atoms with van der Waals surface area (Å²) >= 11 is 0. The van der Waals surface area contributed by atoms with Gasteiger partial charge in [0.15, 0.2) is 0 Å². The summed E-state index contributed by atoms with van der Waals surface area (Å²) in [6, 6.07) is 0. The number of aliphatic hydroxyl groups excluding tert-OH is 1. The summed E-state index contributed by atoms with van der Waals surface area (Å²) in [5, 5.41) is 8.69. The fourth-order valence-corrected chi connectivity index (χ4v) is 2.95. The maximum Gasteiger partial charge on any atom is 0.0431 e. The number of hydrogen-bond donors (Lipinski definition) is 1. The molecule has 0 atom stereocenters. The van der Waals surface area contributed by atoms with Crippen molar-refractivity contribution in [2.45, 2.75) is 122 Å². The Morgan fingerprint density at radius 2 is 0.840 bits per heavy atom. The van der Waals surface area contributed by atoms with Crippen LogP contribution in [-0.2, 0) is 0 Å². The van der Waals surface area contributed by atoms with Crippen molar-refractivity contribution in [3.05, 3.63) is 0 Å². The van der Waals surface area contributed by atoms with Crippen LogP contribution in [0.25, 0.3) is 0 Å². The molecule has 0 aliphatic rings. The maximum absolute atomic E-state index is 8.69. The Kier molecular flexibility index (Phi) is 22.2. The van der Waals surface area contributed by atoms with Crippen molar-refractivity contribution in [1.82, 2.24) is 0 Å². The van der Waals surface area contributed by atoms with Crippen LogP contribution in [0.1, 0.15) is 122 Å². The first-order valence-corrected chi connectivity index (χ1v) is 11.0. The van der Waals surface area contributed by atoms with E-state index in [4.69, 9.17) is 5.11 Å². The van der Waals surface area contributed by atoms with Gasteiger partial charge in [0.25, 0.3) is 0 Å². The van der Waals surface area contributed by atoms with Gasteiger partial charge in [0, 0.05) is 19.4 Å². The Bertz CT molecular complexity index is 363. The second-order valence-electron chi connectivity index (χ2n) is 7.13. The minimum atomic E-state index is 0.337. The van der Waals surface area contributed by atoms with Crippen molar-refractivity contribution in [2.24, 2.45) is 0 Å². The average molecular weight is 347 g/mol. The van der Waals surface area contributed by atoms with Crippen LogP contribution in [0.3, 0.4) is 0 Å². The predicted octanol–water partition coefficient (Wildman–Crippen LogP) is 7.03. The topological polar surface area (TPSA) is 20.2 Å². The number of rotatable bonds is 17.